The highest BCUT2D eigenvalue weighted by Crippen LogP contribution is 2.47. The first-order chi connectivity index (χ1) is 9.16. The number of fused-ring (bicyclic) bond motifs is 1. The summed E-state index contributed by atoms with van der Waals surface area (Å²) < 4.78 is 9.44. The van der Waals surface area contributed by atoms with Gasteiger partial charge in [-0.25, -0.2) is 9.78 Å². The van der Waals surface area contributed by atoms with Gasteiger partial charge in [0.15, 0.2) is 0 Å². The van der Waals surface area contributed by atoms with Crippen molar-refractivity contribution in [2.24, 2.45) is 8.73 Å². The second kappa shape index (κ2) is 4.76. The summed E-state index contributed by atoms with van der Waals surface area (Å²) >= 11 is 13.1. The fourth-order valence-electron chi connectivity index (χ4n) is 1.54. The number of benzene rings is 1. The Kier molecular flexibility index (Phi) is 3.09. The van der Waals surface area contributed by atoms with E-state index in [4.69, 9.17) is 23.2 Å². The molecule has 1 aromatic heterocycles. The van der Waals surface area contributed by atoms with Gasteiger partial charge in [-0.1, -0.05) is 23.2 Å². The average molecular weight is 314 g/mol. The molecular formula is C10H5Cl2N5OS. The Morgan fingerprint density at radius 2 is 2.05 bits per heavy atom. The Morgan fingerprint density at radius 3 is 2.79 bits per heavy atom. The van der Waals surface area contributed by atoms with Crippen LogP contribution in [0, 0.1) is 0 Å². The molecule has 0 unspecified atom stereocenters. The zero-order chi connectivity index (χ0) is 13.4. The summed E-state index contributed by atoms with van der Waals surface area (Å²) in [5, 5.41) is 3.37. The van der Waals surface area contributed by atoms with Gasteiger partial charge in [0.2, 0.25) is 0 Å². The Morgan fingerprint density at radius 1 is 1.26 bits per heavy atom. The minimum Gasteiger partial charge on any atom is -0.304 e. The maximum Gasteiger partial charge on any atom is 0.331 e. The molecule has 1 aromatic carbocycles. The first kappa shape index (κ1) is 12.3. The smallest absolute Gasteiger partial charge is 0.304 e. The molecule has 1 N–H and O–H groups in total. The zero-order valence-corrected chi connectivity index (χ0v) is 11.5. The Balaban J connectivity index is 2.01. The molecule has 0 spiro atoms. The Hall–Kier alpha value is -1.70. The van der Waals surface area contributed by atoms with Crippen molar-refractivity contribution in [3.05, 3.63) is 34.8 Å². The predicted molar refractivity (Wildman–Crippen MR) is 74.6 cm³/mol. The van der Waals surface area contributed by atoms with E-state index in [1.807, 2.05) is 0 Å². The molecule has 0 atom stereocenters. The molecule has 96 valence electrons. The van der Waals surface area contributed by atoms with Crippen molar-refractivity contribution < 1.29 is 4.79 Å². The van der Waals surface area contributed by atoms with Crippen LogP contribution in [-0.4, -0.2) is 15.6 Å². The summed E-state index contributed by atoms with van der Waals surface area (Å²) in [6, 6.07) is 1.13. The van der Waals surface area contributed by atoms with Crippen LogP contribution in [0.4, 0.5) is 21.9 Å². The molecule has 0 radical (unpaired) electrons. The van der Waals surface area contributed by atoms with Crippen LogP contribution in [0.15, 0.2) is 33.5 Å². The largest absolute Gasteiger partial charge is 0.331 e. The van der Waals surface area contributed by atoms with E-state index in [-0.39, 0.29) is 0 Å². The standard InChI is InChI=1S/C10H5Cl2N5OS/c11-5-3-6(12)8-9(16-19-15-8)7(5)14-10(18)17-2-1-13-4-17/h1-4H,(H,14,18). The van der Waals surface area contributed by atoms with Crippen LogP contribution >= 0.6 is 23.2 Å². The van der Waals surface area contributed by atoms with Crippen molar-refractivity contribution in [1.82, 2.24) is 9.55 Å². The third-order valence-corrected chi connectivity index (χ3v) is 3.53. The van der Waals surface area contributed by atoms with Crippen LogP contribution in [0.2, 0.25) is 10.0 Å². The normalized spacial score (nSPS) is 12.1. The van der Waals surface area contributed by atoms with Crippen LogP contribution < -0.4 is 5.32 Å². The van der Waals surface area contributed by atoms with Gasteiger partial charge >= 0.3 is 6.03 Å². The summed E-state index contributed by atoms with van der Waals surface area (Å²) in [6.45, 7) is 0. The van der Waals surface area contributed by atoms with E-state index in [1.54, 1.807) is 0 Å². The molecule has 0 aliphatic carbocycles. The number of amides is 1. The highest BCUT2D eigenvalue weighted by molar-refractivity contribution is 7.58. The lowest BCUT2D eigenvalue weighted by Crippen LogP contribution is -2.18. The lowest BCUT2D eigenvalue weighted by molar-refractivity contribution is 0.253. The molecule has 2 aromatic rings. The lowest BCUT2D eigenvalue weighted by Gasteiger charge is -2.10. The van der Waals surface area contributed by atoms with E-state index in [2.05, 4.69) is 19.0 Å². The van der Waals surface area contributed by atoms with Crippen LogP contribution in [0.5, 0.6) is 0 Å². The third-order valence-electron chi connectivity index (χ3n) is 2.41. The van der Waals surface area contributed by atoms with Crippen molar-refractivity contribution in [3.8, 4) is 0 Å². The first-order valence-corrected chi connectivity index (χ1v) is 6.55. The van der Waals surface area contributed by atoms with Crippen molar-refractivity contribution in [1.29, 1.82) is 0 Å². The van der Waals surface area contributed by atoms with E-state index < -0.39 is 6.03 Å². The number of anilines is 1. The van der Waals surface area contributed by atoms with Gasteiger partial charge in [0.25, 0.3) is 0 Å². The van der Waals surface area contributed by atoms with Gasteiger partial charge in [0.1, 0.15) is 17.7 Å². The number of imidazole rings is 1. The van der Waals surface area contributed by atoms with E-state index in [9.17, 15) is 4.79 Å². The van der Waals surface area contributed by atoms with Gasteiger partial charge in [-0.05, 0) is 6.07 Å². The molecule has 0 saturated carbocycles. The molecule has 0 fully saturated rings. The second-order valence-corrected chi connectivity index (χ2v) is 4.92. The molecule has 9 heteroatoms. The van der Waals surface area contributed by atoms with Crippen LogP contribution in [0.3, 0.4) is 0 Å². The number of aromatic nitrogens is 2. The van der Waals surface area contributed by atoms with Crippen molar-refractivity contribution in [2.45, 2.75) is 0 Å². The zero-order valence-electron chi connectivity index (χ0n) is 9.17. The maximum atomic E-state index is 12.0. The number of rotatable bonds is 1. The van der Waals surface area contributed by atoms with Crippen molar-refractivity contribution >= 4 is 57.6 Å². The molecule has 1 aliphatic heterocycles. The van der Waals surface area contributed by atoms with Gasteiger partial charge < -0.3 is 5.32 Å². The minimum atomic E-state index is -0.393. The van der Waals surface area contributed by atoms with Crippen molar-refractivity contribution in [2.75, 3.05) is 5.32 Å². The topological polar surface area (TPSA) is 71.6 Å². The van der Waals surface area contributed by atoms with E-state index in [0.29, 0.717) is 27.1 Å². The molecule has 0 bridgehead atoms. The number of nitrogens with zero attached hydrogens (tertiary/aromatic N) is 4. The van der Waals surface area contributed by atoms with Gasteiger partial charge in [0.05, 0.1) is 27.1 Å². The SMILES string of the molecule is O=C(Nc1c(Cl)cc(Cl)c2c1N=S=N2)n1ccnc1. The predicted octanol–water partition coefficient (Wildman–Crippen LogP) is 4.00. The summed E-state index contributed by atoms with van der Waals surface area (Å²) in [4.78, 5) is 15.7. The summed E-state index contributed by atoms with van der Waals surface area (Å²) in [6.07, 6.45) is 4.41. The van der Waals surface area contributed by atoms with E-state index in [1.165, 1.54) is 29.4 Å². The molecule has 1 aliphatic rings. The minimum absolute atomic E-state index is 0.304. The number of carbonyl (C=O) groups is 1. The Bertz CT molecular complexity index is 737. The molecule has 1 amide bonds. The third kappa shape index (κ3) is 2.16. The monoisotopic (exact) mass is 313 g/mol. The van der Waals surface area contributed by atoms with Gasteiger partial charge in [-0.3, -0.25) is 4.57 Å². The average Bonchev–Trinajstić information content (AvgIpc) is 3.04. The van der Waals surface area contributed by atoms with Crippen LogP contribution in [-0.2, 0) is 11.4 Å². The highest BCUT2D eigenvalue weighted by Gasteiger charge is 2.20. The number of nitrogens with one attached hydrogen (secondary N) is 1. The quantitative estimate of drug-likeness (QED) is 0.737. The fourth-order valence-corrected chi connectivity index (χ4v) is 2.70. The van der Waals surface area contributed by atoms with Crippen molar-refractivity contribution in [3.63, 3.8) is 0 Å². The van der Waals surface area contributed by atoms with Gasteiger partial charge in [0, 0.05) is 12.4 Å². The van der Waals surface area contributed by atoms with Gasteiger partial charge in [-0.15, -0.1) is 0 Å². The van der Waals surface area contributed by atoms with Crippen LogP contribution in [0.25, 0.3) is 0 Å². The maximum absolute atomic E-state index is 12.0. The summed E-state index contributed by atoms with van der Waals surface area (Å²) in [5.74, 6) is 0. The number of hydrogen-bond donors (Lipinski definition) is 1. The van der Waals surface area contributed by atoms with Crippen LogP contribution in [0.1, 0.15) is 0 Å². The molecule has 2 heterocycles. The summed E-state index contributed by atoms with van der Waals surface area (Å²) in [5.41, 5.74) is 1.36. The molecule has 6 nitrogen and oxygen atoms in total. The van der Waals surface area contributed by atoms with Gasteiger partial charge in [-0.2, -0.15) is 8.73 Å². The number of halogens is 2. The highest BCUT2D eigenvalue weighted by atomic mass is 35.5. The molecular weight excluding hydrogens is 309 g/mol. The number of hydrogen-bond acceptors (Lipinski definition) is 4. The second-order valence-electron chi connectivity index (χ2n) is 3.58. The number of carbonyl (C=O) groups excluding carboxylic acids is 1. The van der Waals surface area contributed by atoms with E-state index >= 15 is 0 Å². The Labute approximate surface area is 121 Å². The van der Waals surface area contributed by atoms with E-state index in [0.717, 1.165) is 11.4 Å². The summed E-state index contributed by atoms with van der Waals surface area (Å²) in [7, 11) is 0. The molecule has 19 heavy (non-hydrogen) atoms. The molecule has 3 rings (SSSR count). The molecule has 0 saturated heterocycles. The first-order valence-electron chi connectivity index (χ1n) is 5.06. The fraction of sp³-hybridized carbons (Fsp3) is 0. The lowest BCUT2D eigenvalue weighted by atomic mass is 10.2.